The van der Waals surface area contributed by atoms with E-state index in [2.05, 4.69) is 5.32 Å². The lowest BCUT2D eigenvalue weighted by Crippen LogP contribution is -2.46. The van der Waals surface area contributed by atoms with Gasteiger partial charge in [-0.3, -0.25) is 0 Å². The maximum atomic E-state index is 3.36. The molecule has 2 rings (SSSR count). The molecule has 1 aliphatic carbocycles. The molecule has 1 N–H and O–H groups in total. The maximum absolute atomic E-state index is 3.36. The zero-order valence-corrected chi connectivity index (χ0v) is 6.60. The molecule has 1 saturated carbocycles. The van der Waals surface area contributed by atoms with Crippen LogP contribution in [0, 0.1) is 11.8 Å². The highest BCUT2D eigenvalue weighted by Crippen LogP contribution is 2.31. The van der Waals surface area contributed by atoms with E-state index in [0.717, 1.165) is 11.8 Å². The van der Waals surface area contributed by atoms with Gasteiger partial charge in [0.05, 0.1) is 0 Å². The quantitative estimate of drug-likeness (QED) is 0.584. The summed E-state index contributed by atoms with van der Waals surface area (Å²) in [6.07, 6.45) is 7.54. The topological polar surface area (TPSA) is 12.0 Å². The van der Waals surface area contributed by atoms with E-state index in [9.17, 15) is 0 Å². The van der Waals surface area contributed by atoms with Gasteiger partial charge in [-0.25, -0.2) is 0 Å². The Morgan fingerprint density at radius 1 is 0.800 bits per heavy atom. The molecule has 0 atom stereocenters. The first-order valence-corrected chi connectivity index (χ1v) is 4.67. The van der Waals surface area contributed by atoms with Gasteiger partial charge in [-0.15, -0.1) is 0 Å². The van der Waals surface area contributed by atoms with E-state index >= 15 is 0 Å². The molecule has 0 aromatic heterocycles. The summed E-state index contributed by atoms with van der Waals surface area (Å²) in [7, 11) is 0. The van der Waals surface area contributed by atoms with E-state index < -0.39 is 0 Å². The Balaban J connectivity index is 1.78. The Labute approximate surface area is 63.2 Å². The highest BCUT2D eigenvalue weighted by molar-refractivity contribution is 4.83. The lowest BCUT2D eigenvalue weighted by atomic mass is 9.77. The van der Waals surface area contributed by atoms with Crippen molar-refractivity contribution in [3.8, 4) is 0 Å². The van der Waals surface area contributed by atoms with Gasteiger partial charge in [-0.2, -0.15) is 0 Å². The van der Waals surface area contributed by atoms with Crippen LogP contribution in [-0.4, -0.2) is 13.1 Å². The Kier molecular flexibility index (Phi) is 1.94. The molecule has 0 aromatic carbocycles. The molecule has 1 heteroatoms. The molecule has 1 aliphatic heterocycles. The lowest BCUT2D eigenvalue weighted by molar-refractivity contribution is 0.184. The van der Waals surface area contributed by atoms with Gasteiger partial charge in [0.25, 0.3) is 0 Å². The minimum atomic E-state index is 1.06. The van der Waals surface area contributed by atoms with Gasteiger partial charge in [0.2, 0.25) is 0 Å². The molecule has 2 fully saturated rings. The van der Waals surface area contributed by atoms with Crippen LogP contribution >= 0.6 is 0 Å². The molecule has 0 unspecified atom stereocenters. The van der Waals surface area contributed by atoms with Crippen molar-refractivity contribution >= 4 is 0 Å². The summed E-state index contributed by atoms with van der Waals surface area (Å²) in [5.41, 5.74) is 0. The molecule has 1 nitrogen and oxygen atoms in total. The SMILES string of the molecule is C1CCC(C2CNC2)CC1. The number of nitrogens with one attached hydrogen (secondary N) is 1. The predicted molar refractivity (Wildman–Crippen MR) is 42.9 cm³/mol. The molecular weight excluding hydrogens is 122 g/mol. The summed E-state index contributed by atoms with van der Waals surface area (Å²) in [4.78, 5) is 0. The van der Waals surface area contributed by atoms with Crippen molar-refractivity contribution < 1.29 is 0 Å². The number of hydrogen-bond donors (Lipinski definition) is 1. The first kappa shape index (κ1) is 6.66. The molecule has 58 valence electrons. The largest absolute Gasteiger partial charge is 0.316 e. The smallest absolute Gasteiger partial charge is 0.000559 e. The summed E-state index contributed by atoms with van der Waals surface area (Å²) in [6, 6.07) is 0. The standard InChI is InChI=1S/C9H17N/c1-2-4-8(5-3-1)9-6-10-7-9/h8-10H,1-7H2. The first-order valence-electron chi connectivity index (χ1n) is 4.67. The molecule has 0 spiro atoms. The third-order valence-electron chi connectivity index (χ3n) is 3.13. The predicted octanol–water partition coefficient (Wildman–Crippen LogP) is 1.79. The maximum Gasteiger partial charge on any atom is -0.000559 e. The van der Waals surface area contributed by atoms with Crippen LogP contribution in [0.1, 0.15) is 32.1 Å². The summed E-state index contributed by atoms with van der Waals surface area (Å²) in [5, 5.41) is 3.36. The van der Waals surface area contributed by atoms with Crippen molar-refractivity contribution in [1.82, 2.24) is 5.32 Å². The molecular formula is C9H17N. The summed E-state index contributed by atoms with van der Waals surface area (Å²) in [6.45, 7) is 2.62. The second-order valence-electron chi connectivity index (χ2n) is 3.82. The van der Waals surface area contributed by atoms with Gasteiger partial charge in [0.1, 0.15) is 0 Å². The molecule has 0 aromatic rings. The summed E-state index contributed by atoms with van der Waals surface area (Å²) < 4.78 is 0. The van der Waals surface area contributed by atoms with Crippen molar-refractivity contribution in [3.63, 3.8) is 0 Å². The van der Waals surface area contributed by atoms with E-state index in [4.69, 9.17) is 0 Å². The van der Waals surface area contributed by atoms with Crippen molar-refractivity contribution in [2.24, 2.45) is 11.8 Å². The van der Waals surface area contributed by atoms with Crippen molar-refractivity contribution in [3.05, 3.63) is 0 Å². The Hall–Kier alpha value is -0.0400. The van der Waals surface area contributed by atoms with Gasteiger partial charge in [0, 0.05) is 0 Å². The third kappa shape index (κ3) is 1.20. The fourth-order valence-corrected chi connectivity index (χ4v) is 2.25. The molecule has 0 amide bonds. The minimum Gasteiger partial charge on any atom is -0.316 e. The average Bonchev–Trinajstić information content (AvgIpc) is 1.86. The van der Waals surface area contributed by atoms with Crippen LogP contribution in [0.3, 0.4) is 0 Å². The van der Waals surface area contributed by atoms with Crippen LogP contribution in [0.25, 0.3) is 0 Å². The Bertz CT molecular complexity index is 101. The zero-order valence-electron chi connectivity index (χ0n) is 6.60. The molecule has 10 heavy (non-hydrogen) atoms. The van der Waals surface area contributed by atoms with Crippen molar-refractivity contribution in [2.45, 2.75) is 32.1 Å². The number of hydrogen-bond acceptors (Lipinski definition) is 1. The summed E-state index contributed by atoms with van der Waals surface area (Å²) in [5.74, 6) is 2.15. The monoisotopic (exact) mass is 139 g/mol. The Morgan fingerprint density at radius 2 is 1.50 bits per heavy atom. The summed E-state index contributed by atoms with van der Waals surface area (Å²) >= 11 is 0. The van der Waals surface area contributed by atoms with E-state index in [0.29, 0.717) is 0 Å². The van der Waals surface area contributed by atoms with Crippen molar-refractivity contribution in [2.75, 3.05) is 13.1 Å². The molecule has 0 bridgehead atoms. The van der Waals surface area contributed by atoms with Gasteiger partial charge < -0.3 is 5.32 Å². The second-order valence-corrected chi connectivity index (χ2v) is 3.82. The number of rotatable bonds is 1. The van der Waals surface area contributed by atoms with Crippen LogP contribution < -0.4 is 5.32 Å². The normalized spacial score (nSPS) is 30.0. The highest BCUT2D eigenvalue weighted by Gasteiger charge is 2.27. The molecule has 1 saturated heterocycles. The lowest BCUT2D eigenvalue weighted by Gasteiger charge is -2.36. The fraction of sp³-hybridized carbons (Fsp3) is 1.00. The average molecular weight is 139 g/mol. The van der Waals surface area contributed by atoms with Crippen LogP contribution in [-0.2, 0) is 0 Å². The third-order valence-corrected chi connectivity index (χ3v) is 3.13. The Morgan fingerprint density at radius 3 is 2.00 bits per heavy atom. The molecule has 0 radical (unpaired) electrons. The minimum absolute atomic E-state index is 1.06. The molecule has 1 heterocycles. The van der Waals surface area contributed by atoms with Crippen LogP contribution in [0.2, 0.25) is 0 Å². The van der Waals surface area contributed by atoms with Gasteiger partial charge in [-0.1, -0.05) is 32.1 Å². The zero-order chi connectivity index (χ0) is 6.81. The van der Waals surface area contributed by atoms with Gasteiger partial charge >= 0.3 is 0 Å². The van der Waals surface area contributed by atoms with E-state index in [1.54, 1.807) is 0 Å². The van der Waals surface area contributed by atoms with E-state index in [1.807, 2.05) is 0 Å². The van der Waals surface area contributed by atoms with Gasteiger partial charge in [0.15, 0.2) is 0 Å². The first-order chi connectivity index (χ1) is 4.97. The van der Waals surface area contributed by atoms with Crippen molar-refractivity contribution in [1.29, 1.82) is 0 Å². The van der Waals surface area contributed by atoms with Crippen LogP contribution in [0.5, 0.6) is 0 Å². The highest BCUT2D eigenvalue weighted by atomic mass is 14.9. The van der Waals surface area contributed by atoms with Crippen LogP contribution in [0.4, 0.5) is 0 Å². The second kappa shape index (κ2) is 2.91. The fourth-order valence-electron chi connectivity index (χ4n) is 2.25. The van der Waals surface area contributed by atoms with Crippen LogP contribution in [0.15, 0.2) is 0 Å². The van der Waals surface area contributed by atoms with E-state index in [1.165, 1.54) is 45.2 Å². The molecule has 2 aliphatic rings. The van der Waals surface area contributed by atoms with Gasteiger partial charge in [-0.05, 0) is 24.9 Å². The van der Waals surface area contributed by atoms with E-state index in [-0.39, 0.29) is 0 Å².